The third-order valence-electron chi connectivity index (χ3n) is 2.69. The van der Waals surface area contributed by atoms with Crippen LogP contribution in [0.1, 0.15) is 19.9 Å². The van der Waals surface area contributed by atoms with Crippen molar-refractivity contribution >= 4 is 17.7 Å². The molecule has 1 amide bonds. The van der Waals surface area contributed by atoms with E-state index in [1.807, 2.05) is 35.8 Å². The van der Waals surface area contributed by atoms with E-state index < -0.39 is 0 Å². The van der Waals surface area contributed by atoms with Gasteiger partial charge in [0.25, 0.3) is 0 Å². The van der Waals surface area contributed by atoms with E-state index in [1.165, 1.54) is 0 Å². The van der Waals surface area contributed by atoms with Crippen molar-refractivity contribution in [2.45, 2.75) is 25.3 Å². The van der Waals surface area contributed by atoms with Crippen molar-refractivity contribution < 1.29 is 4.79 Å². The molecule has 1 aromatic rings. The zero-order valence-corrected chi connectivity index (χ0v) is 9.78. The molecule has 1 aliphatic rings. The van der Waals surface area contributed by atoms with Crippen molar-refractivity contribution in [2.75, 3.05) is 12.3 Å². The zero-order chi connectivity index (χ0) is 10.8. The van der Waals surface area contributed by atoms with Crippen LogP contribution < -0.4 is 0 Å². The van der Waals surface area contributed by atoms with Gasteiger partial charge in [-0.05, 0) is 19.9 Å². The number of carbonyl (C=O) groups excluding carboxylic acids is 1. The second kappa shape index (κ2) is 4.26. The van der Waals surface area contributed by atoms with Crippen molar-refractivity contribution in [3.63, 3.8) is 0 Å². The number of hydrogen-bond acceptors (Lipinski definition) is 3. The fraction of sp³-hybridized carbons (Fsp3) is 0.600. The molecule has 82 valence electrons. The van der Waals surface area contributed by atoms with Gasteiger partial charge in [0.1, 0.15) is 6.04 Å². The maximum absolute atomic E-state index is 12.1. The number of hydrogen-bond donors (Lipinski definition) is 0. The van der Waals surface area contributed by atoms with Crippen LogP contribution in [0.15, 0.2) is 18.5 Å². The lowest BCUT2D eigenvalue weighted by Gasteiger charge is -2.24. The zero-order valence-electron chi connectivity index (χ0n) is 8.96. The Bertz CT molecular complexity index is 338. The highest BCUT2D eigenvalue weighted by atomic mass is 32.2. The van der Waals surface area contributed by atoms with Gasteiger partial charge in [0.05, 0.1) is 5.37 Å². The summed E-state index contributed by atoms with van der Waals surface area (Å²) in [4.78, 5) is 14.0. The predicted molar refractivity (Wildman–Crippen MR) is 60.6 cm³/mol. The Labute approximate surface area is 93.6 Å². The van der Waals surface area contributed by atoms with Gasteiger partial charge < -0.3 is 4.90 Å². The highest BCUT2D eigenvalue weighted by Crippen LogP contribution is 2.25. The molecule has 0 bridgehead atoms. The second-order valence-corrected chi connectivity index (χ2v) is 5.09. The summed E-state index contributed by atoms with van der Waals surface area (Å²) < 4.78 is 1.71. The maximum atomic E-state index is 12.1. The van der Waals surface area contributed by atoms with Crippen LogP contribution in [0.2, 0.25) is 0 Å². The van der Waals surface area contributed by atoms with Gasteiger partial charge in [-0.1, -0.05) is 0 Å². The number of rotatable bonds is 2. The molecule has 0 aliphatic carbocycles. The average Bonchev–Trinajstić information content (AvgIpc) is 2.85. The number of nitrogens with zero attached hydrogens (tertiary/aromatic N) is 3. The smallest absolute Gasteiger partial charge is 0.248 e. The minimum Gasteiger partial charge on any atom is -0.328 e. The summed E-state index contributed by atoms with van der Waals surface area (Å²) in [5, 5.41) is 4.40. The minimum atomic E-state index is -0.193. The SMILES string of the molecule is CC1SCCN1C(=O)C(C)n1cccn1. The third-order valence-corrected chi connectivity index (χ3v) is 3.85. The van der Waals surface area contributed by atoms with Crippen LogP contribution in [0.25, 0.3) is 0 Å². The van der Waals surface area contributed by atoms with Crippen molar-refractivity contribution in [3.05, 3.63) is 18.5 Å². The van der Waals surface area contributed by atoms with Crippen molar-refractivity contribution in [1.82, 2.24) is 14.7 Å². The Hall–Kier alpha value is -0.970. The van der Waals surface area contributed by atoms with E-state index in [1.54, 1.807) is 10.9 Å². The molecule has 1 aliphatic heterocycles. The average molecular weight is 225 g/mol. The van der Waals surface area contributed by atoms with Crippen molar-refractivity contribution in [2.24, 2.45) is 0 Å². The van der Waals surface area contributed by atoms with E-state index in [-0.39, 0.29) is 11.9 Å². The number of aromatic nitrogens is 2. The molecule has 2 unspecified atom stereocenters. The monoisotopic (exact) mass is 225 g/mol. The van der Waals surface area contributed by atoms with Gasteiger partial charge in [-0.3, -0.25) is 9.48 Å². The highest BCUT2D eigenvalue weighted by Gasteiger charge is 2.29. The molecular formula is C10H15N3OS. The Morgan fingerprint density at radius 3 is 3.00 bits per heavy atom. The summed E-state index contributed by atoms with van der Waals surface area (Å²) in [7, 11) is 0. The summed E-state index contributed by atoms with van der Waals surface area (Å²) in [6, 6.07) is 1.65. The van der Waals surface area contributed by atoms with E-state index in [0.717, 1.165) is 12.3 Å². The predicted octanol–water partition coefficient (Wildman–Crippen LogP) is 1.37. The molecule has 4 nitrogen and oxygen atoms in total. The van der Waals surface area contributed by atoms with Gasteiger partial charge in [0.15, 0.2) is 0 Å². The van der Waals surface area contributed by atoms with Crippen LogP contribution >= 0.6 is 11.8 Å². The van der Waals surface area contributed by atoms with Crippen LogP contribution in [0.3, 0.4) is 0 Å². The van der Waals surface area contributed by atoms with Gasteiger partial charge in [0.2, 0.25) is 5.91 Å². The van der Waals surface area contributed by atoms with Crippen LogP contribution in [0.4, 0.5) is 0 Å². The first-order valence-corrected chi connectivity index (χ1v) is 6.16. The quantitative estimate of drug-likeness (QED) is 0.763. The van der Waals surface area contributed by atoms with E-state index >= 15 is 0 Å². The Kier molecular flexibility index (Phi) is 3.00. The number of thioether (sulfide) groups is 1. The maximum Gasteiger partial charge on any atom is 0.248 e. The lowest BCUT2D eigenvalue weighted by atomic mass is 10.3. The molecule has 2 heterocycles. The first kappa shape index (κ1) is 10.5. The van der Waals surface area contributed by atoms with Crippen LogP contribution in [0.5, 0.6) is 0 Å². The van der Waals surface area contributed by atoms with Gasteiger partial charge in [0, 0.05) is 24.7 Å². The topological polar surface area (TPSA) is 38.1 Å². The van der Waals surface area contributed by atoms with Crippen LogP contribution in [-0.2, 0) is 4.79 Å². The molecule has 1 aromatic heterocycles. The standard InChI is InChI=1S/C10H15N3OS/c1-8(13-5-3-4-11-13)10(14)12-6-7-15-9(12)2/h3-5,8-9H,6-7H2,1-2H3. The van der Waals surface area contributed by atoms with Gasteiger partial charge in [-0.2, -0.15) is 5.10 Å². The first-order valence-electron chi connectivity index (χ1n) is 5.11. The summed E-state index contributed by atoms with van der Waals surface area (Å²) in [5.41, 5.74) is 0. The molecule has 0 radical (unpaired) electrons. The van der Waals surface area contributed by atoms with Gasteiger partial charge in [-0.15, -0.1) is 11.8 Å². The molecule has 0 aromatic carbocycles. The lowest BCUT2D eigenvalue weighted by molar-refractivity contribution is -0.134. The highest BCUT2D eigenvalue weighted by molar-refractivity contribution is 8.00. The molecule has 2 rings (SSSR count). The second-order valence-electron chi connectivity index (χ2n) is 3.66. The van der Waals surface area contributed by atoms with E-state index in [9.17, 15) is 4.79 Å². The Morgan fingerprint density at radius 1 is 1.67 bits per heavy atom. The fourth-order valence-electron chi connectivity index (χ4n) is 1.75. The summed E-state index contributed by atoms with van der Waals surface area (Å²) in [6.45, 7) is 4.83. The largest absolute Gasteiger partial charge is 0.328 e. The van der Waals surface area contributed by atoms with Crippen molar-refractivity contribution in [1.29, 1.82) is 0 Å². The molecule has 1 saturated heterocycles. The minimum absolute atomic E-state index is 0.163. The molecule has 0 spiro atoms. The normalized spacial score (nSPS) is 23.1. The lowest BCUT2D eigenvalue weighted by Crippen LogP contribution is -2.38. The molecule has 5 heteroatoms. The van der Waals surface area contributed by atoms with Crippen LogP contribution in [0, 0.1) is 0 Å². The van der Waals surface area contributed by atoms with E-state index in [4.69, 9.17) is 0 Å². The Morgan fingerprint density at radius 2 is 2.47 bits per heavy atom. The number of amides is 1. The van der Waals surface area contributed by atoms with E-state index in [0.29, 0.717) is 5.37 Å². The number of carbonyl (C=O) groups is 1. The summed E-state index contributed by atoms with van der Waals surface area (Å²) >= 11 is 1.82. The van der Waals surface area contributed by atoms with Crippen molar-refractivity contribution in [3.8, 4) is 0 Å². The van der Waals surface area contributed by atoms with Gasteiger partial charge >= 0.3 is 0 Å². The molecule has 0 saturated carbocycles. The summed E-state index contributed by atoms with van der Waals surface area (Å²) in [6.07, 6.45) is 3.53. The summed E-state index contributed by atoms with van der Waals surface area (Å²) in [5.74, 6) is 1.20. The third kappa shape index (κ3) is 2.02. The molecule has 2 atom stereocenters. The van der Waals surface area contributed by atoms with E-state index in [2.05, 4.69) is 12.0 Å². The van der Waals surface area contributed by atoms with Gasteiger partial charge in [-0.25, -0.2) is 0 Å². The molecular weight excluding hydrogens is 210 g/mol. The fourth-order valence-corrected chi connectivity index (χ4v) is 2.78. The Balaban J connectivity index is 2.07. The molecule has 1 fully saturated rings. The first-order chi connectivity index (χ1) is 7.20. The van der Waals surface area contributed by atoms with Crippen LogP contribution in [-0.4, -0.2) is 38.3 Å². The molecule has 0 N–H and O–H groups in total. The molecule has 15 heavy (non-hydrogen) atoms.